The molecule has 0 saturated carbocycles. The Hall–Kier alpha value is -1.99. The summed E-state index contributed by atoms with van der Waals surface area (Å²) in [6.07, 6.45) is 32.6. The number of rotatable bonds is 54. The van der Waals surface area contributed by atoms with E-state index < -0.39 is 124 Å². The molecular weight excluding hydrogens is 1130 g/mol. The maximum absolute atomic E-state index is 13.4. The first-order valence-electron chi connectivity index (χ1n) is 35.2. The van der Waals surface area contributed by atoms with Crippen LogP contribution in [0.25, 0.3) is 0 Å². The van der Waals surface area contributed by atoms with Gasteiger partial charge in [0.05, 0.1) is 38.6 Å². The van der Waals surface area contributed by atoms with E-state index in [0.29, 0.717) is 6.42 Å². The predicted molar refractivity (Wildman–Crippen MR) is 342 cm³/mol. The molecule has 0 spiro atoms. The van der Waals surface area contributed by atoms with Gasteiger partial charge in [-0.15, -0.1) is 0 Å². The van der Waals surface area contributed by atoms with Gasteiger partial charge < -0.3 is 89.9 Å². The van der Waals surface area contributed by atoms with Gasteiger partial charge in [0.25, 0.3) is 0 Å². The molecule has 17 unspecified atom stereocenters. The average Bonchev–Trinajstić information content (AvgIpc) is 3.39. The third kappa shape index (κ3) is 33.2. The number of carbonyl (C=O) groups is 1. The summed E-state index contributed by atoms with van der Waals surface area (Å²) in [6, 6.07) is -0.972. The highest BCUT2D eigenvalue weighted by molar-refractivity contribution is 5.76. The lowest BCUT2D eigenvalue weighted by molar-refractivity contribution is -0.379. The van der Waals surface area contributed by atoms with Crippen LogP contribution >= 0.6 is 0 Å². The van der Waals surface area contributed by atoms with Crippen molar-refractivity contribution in [2.45, 2.75) is 369 Å². The van der Waals surface area contributed by atoms with Crippen LogP contribution in [0.5, 0.6) is 0 Å². The largest absolute Gasteiger partial charge is 0.394 e. The molecule has 3 aliphatic heterocycles. The Balaban J connectivity index is 1.41. The number of nitrogens with one attached hydrogen (secondary N) is 1. The highest BCUT2D eigenvalue weighted by Crippen LogP contribution is 2.33. The number of aliphatic hydroxyl groups excluding tert-OH is 11. The predicted octanol–water partition coefficient (Wildman–Crippen LogP) is 9.22. The number of hydrogen-bond acceptors (Lipinski definition) is 18. The lowest BCUT2D eigenvalue weighted by atomic mass is 9.96. The lowest BCUT2D eigenvalue weighted by Crippen LogP contribution is -2.66. The van der Waals surface area contributed by atoms with Crippen molar-refractivity contribution in [1.82, 2.24) is 5.32 Å². The van der Waals surface area contributed by atoms with Gasteiger partial charge in [-0.25, -0.2) is 0 Å². The quantitative estimate of drug-likeness (QED) is 0.0199. The second-order valence-corrected chi connectivity index (χ2v) is 25.3. The fourth-order valence-corrected chi connectivity index (χ4v) is 11.9. The summed E-state index contributed by atoms with van der Waals surface area (Å²) >= 11 is 0. The second-order valence-electron chi connectivity index (χ2n) is 25.3. The minimum absolute atomic E-state index is 0.245. The van der Waals surface area contributed by atoms with E-state index in [2.05, 4.69) is 43.5 Å². The van der Waals surface area contributed by atoms with E-state index >= 15 is 0 Å². The van der Waals surface area contributed by atoms with Crippen LogP contribution in [0, 0.1) is 0 Å². The first-order valence-corrected chi connectivity index (χ1v) is 35.2. The Bertz CT molecular complexity index is 1740. The molecule has 0 aromatic heterocycles. The zero-order chi connectivity index (χ0) is 64.0. The Morgan fingerprint density at radius 1 is 0.409 bits per heavy atom. The number of aliphatic hydroxyl groups is 11. The van der Waals surface area contributed by atoms with Crippen LogP contribution in [0.4, 0.5) is 0 Å². The minimum atomic E-state index is -1.98. The molecule has 88 heavy (non-hydrogen) atoms. The summed E-state index contributed by atoms with van der Waals surface area (Å²) in [4.78, 5) is 13.4. The third-order valence-electron chi connectivity index (χ3n) is 17.7. The van der Waals surface area contributed by atoms with Crippen LogP contribution in [0.15, 0.2) is 36.5 Å². The summed E-state index contributed by atoms with van der Waals surface area (Å²) < 4.78 is 34.3. The summed E-state index contributed by atoms with van der Waals surface area (Å²) in [5.74, 6) is -0.273. The van der Waals surface area contributed by atoms with Gasteiger partial charge in [-0.3, -0.25) is 4.79 Å². The SMILES string of the molecule is CCCCCCC/C=C\C/C=C\CCCCCCCCCCCCCCCCCC(=O)NC(COC1OC(CO)C(OC2OC(CO)C(OC3OC(CO)C(O)C(O)C3O)C(O)C2O)C(O)C1O)C(O)/C=C/CCCCCCCCCCCCCCCC. The van der Waals surface area contributed by atoms with Gasteiger partial charge in [0.1, 0.15) is 73.2 Å². The van der Waals surface area contributed by atoms with Gasteiger partial charge in [0.2, 0.25) is 5.91 Å². The molecule has 19 nitrogen and oxygen atoms in total. The monoisotopic (exact) mass is 1260 g/mol. The fraction of sp³-hybridized carbons (Fsp3) is 0.899. The molecule has 0 aliphatic carbocycles. The number of hydrogen-bond donors (Lipinski definition) is 12. The smallest absolute Gasteiger partial charge is 0.220 e. The first-order chi connectivity index (χ1) is 42.8. The molecule has 1 amide bonds. The number of allylic oxidation sites excluding steroid dienone is 5. The summed E-state index contributed by atoms with van der Waals surface area (Å²) in [6.45, 7) is 1.74. The molecule has 19 heteroatoms. The summed E-state index contributed by atoms with van der Waals surface area (Å²) in [7, 11) is 0. The molecule has 3 rings (SSSR count). The van der Waals surface area contributed by atoms with Gasteiger partial charge in [0, 0.05) is 6.42 Å². The average molecular weight is 1260 g/mol. The van der Waals surface area contributed by atoms with E-state index in [-0.39, 0.29) is 18.9 Å². The molecule has 12 N–H and O–H groups in total. The van der Waals surface area contributed by atoms with Crippen molar-refractivity contribution in [3.8, 4) is 0 Å². The van der Waals surface area contributed by atoms with Gasteiger partial charge in [-0.05, 0) is 51.4 Å². The fourth-order valence-electron chi connectivity index (χ4n) is 11.9. The van der Waals surface area contributed by atoms with E-state index in [9.17, 15) is 61.0 Å². The van der Waals surface area contributed by atoms with Gasteiger partial charge >= 0.3 is 0 Å². The molecule has 3 saturated heterocycles. The summed E-state index contributed by atoms with van der Waals surface area (Å²) in [5, 5.41) is 120. The van der Waals surface area contributed by atoms with E-state index in [1.54, 1.807) is 6.08 Å². The molecule has 0 bridgehead atoms. The molecule has 0 aromatic carbocycles. The maximum Gasteiger partial charge on any atom is 0.220 e. The van der Waals surface area contributed by atoms with Gasteiger partial charge in [-0.2, -0.15) is 0 Å². The Morgan fingerprint density at radius 2 is 0.750 bits per heavy atom. The molecule has 17 atom stereocenters. The van der Waals surface area contributed by atoms with Crippen molar-refractivity contribution >= 4 is 5.91 Å². The van der Waals surface area contributed by atoms with E-state index in [1.807, 2.05) is 6.08 Å². The van der Waals surface area contributed by atoms with Crippen molar-refractivity contribution < 1.29 is 89.4 Å². The number of amides is 1. The molecule has 0 radical (unpaired) electrons. The zero-order valence-corrected chi connectivity index (χ0v) is 54.5. The first kappa shape index (κ1) is 80.2. The summed E-state index contributed by atoms with van der Waals surface area (Å²) in [5.41, 5.74) is 0. The van der Waals surface area contributed by atoms with Crippen LogP contribution in [0.2, 0.25) is 0 Å². The van der Waals surface area contributed by atoms with Crippen LogP contribution in [-0.4, -0.2) is 193 Å². The van der Waals surface area contributed by atoms with Crippen molar-refractivity contribution in [1.29, 1.82) is 0 Å². The second kappa shape index (κ2) is 51.4. The van der Waals surface area contributed by atoms with Gasteiger partial charge in [0.15, 0.2) is 18.9 Å². The van der Waals surface area contributed by atoms with Crippen molar-refractivity contribution in [3.63, 3.8) is 0 Å². The van der Waals surface area contributed by atoms with E-state index in [4.69, 9.17) is 28.4 Å². The van der Waals surface area contributed by atoms with Crippen molar-refractivity contribution in [2.75, 3.05) is 26.4 Å². The van der Waals surface area contributed by atoms with Crippen molar-refractivity contribution in [2.24, 2.45) is 0 Å². The van der Waals surface area contributed by atoms with Crippen LogP contribution < -0.4 is 5.32 Å². The van der Waals surface area contributed by atoms with Crippen LogP contribution in [0.3, 0.4) is 0 Å². The Morgan fingerprint density at radius 3 is 1.16 bits per heavy atom. The molecule has 3 heterocycles. The van der Waals surface area contributed by atoms with E-state index in [1.165, 1.54) is 186 Å². The molecule has 0 aromatic rings. The zero-order valence-electron chi connectivity index (χ0n) is 54.5. The molecule has 516 valence electrons. The standard InChI is InChI=1S/C69H127NO18/c1-3-5-7-9-11-13-15-17-19-21-22-23-24-25-26-27-28-29-30-31-33-35-37-39-41-43-45-47-57(75)70-52(53(74)46-44-42-40-38-36-34-32-20-18-16-14-12-10-8-6-4-2)51-83-67-63(81)60(78)65(55(49-72)85-67)88-69-64(82)61(79)66(56(50-73)86-69)87-68-62(80)59(77)58(76)54(48-71)84-68/h15,17,21-22,44,46,52-56,58-69,71-74,76-82H,3-14,16,18-20,23-43,45,47-51H2,1-2H3,(H,70,75)/b17-15-,22-21-,46-44+. The lowest BCUT2D eigenvalue weighted by Gasteiger charge is -2.48. The Kier molecular flexibility index (Phi) is 46.9. The highest BCUT2D eigenvalue weighted by Gasteiger charge is 2.53. The third-order valence-corrected chi connectivity index (χ3v) is 17.7. The number of unbranched alkanes of at least 4 members (excludes halogenated alkanes) is 34. The highest BCUT2D eigenvalue weighted by atomic mass is 16.8. The van der Waals surface area contributed by atoms with Crippen LogP contribution in [-0.2, 0) is 33.2 Å². The Labute approximate surface area is 530 Å². The number of carbonyl (C=O) groups excluding carboxylic acids is 1. The molecular formula is C69H127NO18. The normalized spacial score (nSPS) is 28.6. The molecule has 3 fully saturated rings. The topological polar surface area (TPSA) is 307 Å². The van der Waals surface area contributed by atoms with Crippen LogP contribution in [0.1, 0.15) is 264 Å². The minimum Gasteiger partial charge on any atom is -0.394 e. The van der Waals surface area contributed by atoms with E-state index in [0.717, 1.165) is 51.4 Å². The maximum atomic E-state index is 13.4. The molecule has 3 aliphatic rings. The number of ether oxygens (including phenoxy) is 6. The van der Waals surface area contributed by atoms with Crippen molar-refractivity contribution in [3.05, 3.63) is 36.5 Å². The van der Waals surface area contributed by atoms with Gasteiger partial charge in [-0.1, -0.05) is 243 Å².